The summed E-state index contributed by atoms with van der Waals surface area (Å²) in [5.41, 5.74) is 0.270. The van der Waals surface area contributed by atoms with Crippen molar-refractivity contribution < 1.29 is 19.6 Å². The number of carbonyl (C=O) groups excluding carboxylic acids is 1. The molecule has 2 atom stereocenters. The van der Waals surface area contributed by atoms with Gasteiger partial charge in [-0.25, -0.2) is 5.26 Å². The van der Waals surface area contributed by atoms with Crippen molar-refractivity contribution in [1.82, 2.24) is 0 Å². The van der Waals surface area contributed by atoms with Gasteiger partial charge in [0.25, 0.3) is 12.1 Å². The standard InChI is InChI=1S/C14H20N2O4/c1-14(2,3)16(18)9-12(17)15(4)11-8-6-5-7-10(11)13(16)20-19/h5-8,13,19H,9H2,1-4H3. The first-order valence-electron chi connectivity index (χ1n) is 6.47. The van der Waals surface area contributed by atoms with Crippen LogP contribution in [0.2, 0.25) is 0 Å². The molecule has 20 heavy (non-hydrogen) atoms. The zero-order chi connectivity index (χ0) is 15.1. The van der Waals surface area contributed by atoms with Crippen molar-refractivity contribution in [2.45, 2.75) is 32.5 Å². The number of amides is 1. The molecule has 1 aromatic carbocycles. The first-order chi connectivity index (χ1) is 9.22. The van der Waals surface area contributed by atoms with Crippen LogP contribution in [0.25, 0.3) is 0 Å². The lowest BCUT2D eigenvalue weighted by Crippen LogP contribution is -2.60. The van der Waals surface area contributed by atoms with Crippen LogP contribution in [-0.2, 0) is 9.68 Å². The van der Waals surface area contributed by atoms with E-state index in [1.54, 1.807) is 52.1 Å². The Balaban J connectivity index is 2.68. The molecule has 0 spiro atoms. The molecule has 1 N–H and O–H groups in total. The molecular formula is C14H20N2O4. The lowest BCUT2D eigenvalue weighted by molar-refractivity contribution is -0.978. The van der Waals surface area contributed by atoms with E-state index in [4.69, 9.17) is 0 Å². The summed E-state index contributed by atoms with van der Waals surface area (Å²) in [5.74, 6) is -0.304. The number of likely N-dealkylation sites (N-methyl/N-ethyl adjacent to an activating group) is 1. The number of hydrogen-bond acceptors (Lipinski definition) is 4. The fourth-order valence-corrected chi connectivity index (χ4v) is 2.47. The van der Waals surface area contributed by atoms with Crippen LogP contribution in [-0.4, -0.2) is 34.9 Å². The summed E-state index contributed by atoms with van der Waals surface area (Å²) in [7, 11) is 1.62. The summed E-state index contributed by atoms with van der Waals surface area (Å²) in [5, 5.41) is 22.5. The number of benzene rings is 1. The van der Waals surface area contributed by atoms with E-state index in [1.165, 1.54) is 4.90 Å². The van der Waals surface area contributed by atoms with E-state index >= 15 is 0 Å². The molecule has 1 heterocycles. The van der Waals surface area contributed by atoms with Crippen molar-refractivity contribution in [2.24, 2.45) is 0 Å². The van der Waals surface area contributed by atoms with E-state index in [-0.39, 0.29) is 12.5 Å². The van der Waals surface area contributed by atoms with Gasteiger partial charge in [0.1, 0.15) is 0 Å². The number of carbonyl (C=O) groups is 1. The van der Waals surface area contributed by atoms with Gasteiger partial charge in [-0.05, 0) is 32.9 Å². The highest BCUT2D eigenvalue weighted by molar-refractivity contribution is 5.95. The lowest BCUT2D eigenvalue weighted by Gasteiger charge is -2.54. The minimum Gasteiger partial charge on any atom is -0.630 e. The van der Waals surface area contributed by atoms with Crippen LogP contribution in [0, 0.1) is 5.21 Å². The quantitative estimate of drug-likeness (QED) is 0.371. The van der Waals surface area contributed by atoms with Crippen LogP contribution in [0.1, 0.15) is 32.6 Å². The SMILES string of the molecule is CN1C(=O)C[N+]([O-])(C(C)(C)C)C(OO)c2ccccc21. The number of anilines is 1. The molecule has 0 saturated heterocycles. The molecule has 110 valence electrons. The smallest absolute Gasteiger partial charge is 0.282 e. The minimum atomic E-state index is -1.15. The molecule has 0 radical (unpaired) electrons. The van der Waals surface area contributed by atoms with Crippen LogP contribution in [0.3, 0.4) is 0 Å². The first-order valence-corrected chi connectivity index (χ1v) is 6.47. The molecular weight excluding hydrogens is 260 g/mol. The highest BCUT2D eigenvalue weighted by Crippen LogP contribution is 2.42. The lowest BCUT2D eigenvalue weighted by atomic mass is 10.0. The third-order valence-corrected chi connectivity index (χ3v) is 3.92. The Morgan fingerprint density at radius 3 is 2.55 bits per heavy atom. The van der Waals surface area contributed by atoms with Gasteiger partial charge in [0.05, 0.1) is 16.8 Å². The fraction of sp³-hybridized carbons (Fsp3) is 0.500. The van der Waals surface area contributed by atoms with Crippen LogP contribution in [0.4, 0.5) is 5.69 Å². The van der Waals surface area contributed by atoms with E-state index in [1.807, 2.05) is 0 Å². The number of rotatable bonds is 1. The molecule has 0 aromatic heterocycles. The topological polar surface area (TPSA) is 72.8 Å². The van der Waals surface area contributed by atoms with Crippen LogP contribution in [0.5, 0.6) is 0 Å². The average molecular weight is 280 g/mol. The van der Waals surface area contributed by atoms with Gasteiger partial charge in [-0.15, -0.1) is 0 Å². The predicted octanol–water partition coefficient (Wildman–Crippen LogP) is 2.26. The number of hydrogen-bond donors (Lipinski definition) is 1. The fourth-order valence-electron chi connectivity index (χ4n) is 2.47. The third kappa shape index (κ3) is 2.10. The zero-order valence-electron chi connectivity index (χ0n) is 12.2. The van der Waals surface area contributed by atoms with Gasteiger partial charge < -0.3 is 14.8 Å². The molecule has 0 bridgehead atoms. The number of fused-ring (bicyclic) bond motifs is 1. The number of para-hydroxylation sites is 1. The largest absolute Gasteiger partial charge is 0.630 e. The van der Waals surface area contributed by atoms with Crippen molar-refractivity contribution in [1.29, 1.82) is 0 Å². The number of hydroxylamine groups is 3. The normalized spacial score (nSPS) is 27.2. The van der Waals surface area contributed by atoms with E-state index in [2.05, 4.69) is 4.89 Å². The molecule has 6 nitrogen and oxygen atoms in total. The Hall–Kier alpha value is -1.47. The number of nitrogens with zero attached hydrogens (tertiary/aromatic N) is 2. The summed E-state index contributed by atoms with van der Waals surface area (Å²) in [6, 6.07) is 6.96. The van der Waals surface area contributed by atoms with Crippen molar-refractivity contribution >= 4 is 11.6 Å². The summed E-state index contributed by atoms with van der Waals surface area (Å²) in [6.07, 6.45) is -1.15. The van der Waals surface area contributed by atoms with E-state index in [0.29, 0.717) is 11.3 Å². The summed E-state index contributed by atoms with van der Waals surface area (Å²) >= 11 is 0. The maximum absolute atomic E-state index is 13.2. The van der Waals surface area contributed by atoms with Gasteiger partial charge in [-0.3, -0.25) is 4.79 Å². The molecule has 2 unspecified atom stereocenters. The molecule has 0 saturated carbocycles. The van der Waals surface area contributed by atoms with Crippen molar-refractivity contribution in [3.05, 3.63) is 35.0 Å². The molecule has 1 aliphatic rings. The third-order valence-electron chi connectivity index (χ3n) is 3.92. The van der Waals surface area contributed by atoms with Gasteiger partial charge in [0, 0.05) is 7.05 Å². The molecule has 0 aliphatic carbocycles. The van der Waals surface area contributed by atoms with Crippen LogP contribution < -0.4 is 4.90 Å². The Bertz CT molecular complexity index is 526. The minimum absolute atomic E-state index is 0.292. The zero-order valence-corrected chi connectivity index (χ0v) is 12.2. The number of quaternary nitrogens is 1. The van der Waals surface area contributed by atoms with Crippen molar-refractivity contribution in [3.8, 4) is 0 Å². The van der Waals surface area contributed by atoms with Gasteiger partial charge in [0.15, 0.2) is 6.54 Å². The Morgan fingerprint density at radius 2 is 2.00 bits per heavy atom. The first kappa shape index (κ1) is 14.9. The summed E-state index contributed by atoms with van der Waals surface area (Å²) < 4.78 is -0.969. The van der Waals surface area contributed by atoms with Crippen LogP contribution >= 0.6 is 0 Å². The maximum atomic E-state index is 13.2. The Morgan fingerprint density at radius 1 is 1.40 bits per heavy atom. The van der Waals surface area contributed by atoms with E-state index in [0.717, 1.165) is 0 Å². The van der Waals surface area contributed by atoms with Gasteiger partial charge in [-0.2, -0.15) is 4.89 Å². The highest BCUT2D eigenvalue weighted by Gasteiger charge is 2.47. The second kappa shape index (κ2) is 4.82. The maximum Gasteiger partial charge on any atom is 0.282 e. The molecule has 0 fully saturated rings. The second-order valence-electron chi connectivity index (χ2n) is 6.09. The van der Waals surface area contributed by atoms with Gasteiger partial charge in [-0.1, -0.05) is 12.1 Å². The molecule has 6 heteroatoms. The van der Waals surface area contributed by atoms with E-state index in [9.17, 15) is 15.3 Å². The van der Waals surface area contributed by atoms with Crippen LogP contribution in [0.15, 0.2) is 24.3 Å². The molecule has 1 aromatic rings. The Labute approximate surface area is 118 Å². The Kier molecular flexibility index (Phi) is 3.60. The second-order valence-corrected chi connectivity index (χ2v) is 6.09. The highest BCUT2D eigenvalue weighted by atomic mass is 17.1. The predicted molar refractivity (Wildman–Crippen MR) is 74.6 cm³/mol. The monoisotopic (exact) mass is 280 g/mol. The molecule has 1 aliphatic heterocycles. The van der Waals surface area contributed by atoms with Crippen molar-refractivity contribution in [3.63, 3.8) is 0 Å². The average Bonchev–Trinajstić information content (AvgIpc) is 2.45. The summed E-state index contributed by atoms with van der Waals surface area (Å²) in [4.78, 5) is 18.2. The molecule has 2 rings (SSSR count). The van der Waals surface area contributed by atoms with Gasteiger partial charge >= 0.3 is 0 Å². The summed E-state index contributed by atoms with van der Waals surface area (Å²) in [6.45, 7) is 4.90. The molecule has 1 amide bonds. The van der Waals surface area contributed by atoms with Gasteiger partial charge in [0.2, 0.25) is 0 Å². The van der Waals surface area contributed by atoms with E-state index < -0.39 is 16.4 Å². The van der Waals surface area contributed by atoms with Crippen molar-refractivity contribution in [2.75, 3.05) is 18.5 Å².